The molecule has 0 saturated carbocycles. The molecular formula is C9H6BrF4NO2. The molecule has 1 rings (SSSR count). The molecule has 8 heteroatoms. The van der Waals surface area contributed by atoms with E-state index in [1.54, 1.807) is 0 Å². The van der Waals surface area contributed by atoms with E-state index in [-0.39, 0.29) is 5.69 Å². The average molecular weight is 316 g/mol. The fourth-order valence-electron chi connectivity index (χ4n) is 0.887. The van der Waals surface area contributed by atoms with Crippen LogP contribution >= 0.6 is 15.9 Å². The second kappa shape index (κ2) is 5.35. The van der Waals surface area contributed by atoms with Gasteiger partial charge in [-0.05, 0) is 34.1 Å². The first kappa shape index (κ1) is 13.8. The van der Waals surface area contributed by atoms with E-state index in [0.717, 1.165) is 12.1 Å². The van der Waals surface area contributed by atoms with Crippen molar-refractivity contribution in [1.29, 1.82) is 0 Å². The van der Waals surface area contributed by atoms with Gasteiger partial charge in [0, 0.05) is 4.47 Å². The number of amides is 1. The summed E-state index contributed by atoms with van der Waals surface area (Å²) in [5.41, 5.74) is -0.0165. The maximum Gasteiger partial charge on any atom is 0.422 e. The highest BCUT2D eigenvalue weighted by Crippen LogP contribution is 2.23. The minimum Gasteiger partial charge on any atom is -0.440 e. The summed E-state index contributed by atoms with van der Waals surface area (Å²) in [5.74, 6) is -0.640. The van der Waals surface area contributed by atoms with E-state index in [2.05, 4.69) is 20.7 Å². The van der Waals surface area contributed by atoms with Gasteiger partial charge >= 0.3 is 12.3 Å². The Morgan fingerprint density at radius 1 is 1.41 bits per heavy atom. The first-order valence-electron chi connectivity index (χ1n) is 4.23. The highest BCUT2D eigenvalue weighted by Gasteiger charge is 2.29. The van der Waals surface area contributed by atoms with Crippen LogP contribution in [0.4, 0.5) is 28.0 Å². The lowest BCUT2D eigenvalue weighted by Gasteiger charge is -2.10. The Hall–Kier alpha value is -1.31. The lowest BCUT2D eigenvalue weighted by Crippen LogP contribution is -2.23. The van der Waals surface area contributed by atoms with Gasteiger partial charge in [-0.25, -0.2) is 9.18 Å². The molecule has 0 aliphatic rings. The maximum atomic E-state index is 12.8. The molecule has 0 aliphatic carbocycles. The Kier molecular flexibility index (Phi) is 4.33. The largest absolute Gasteiger partial charge is 0.440 e. The zero-order valence-corrected chi connectivity index (χ0v) is 9.73. The van der Waals surface area contributed by atoms with Crippen LogP contribution < -0.4 is 5.32 Å². The number of hydrogen-bond donors (Lipinski definition) is 1. The van der Waals surface area contributed by atoms with Crippen molar-refractivity contribution in [2.75, 3.05) is 11.9 Å². The first-order valence-corrected chi connectivity index (χ1v) is 5.03. The average Bonchev–Trinajstić information content (AvgIpc) is 2.20. The monoisotopic (exact) mass is 315 g/mol. The van der Waals surface area contributed by atoms with Crippen molar-refractivity contribution in [3.8, 4) is 0 Å². The number of anilines is 1. The number of rotatable bonds is 2. The molecule has 0 saturated heterocycles. The number of ether oxygens (including phenoxy) is 1. The molecular weight excluding hydrogens is 310 g/mol. The lowest BCUT2D eigenvalue weighted by atomic mass is 10.3. The second-order valence-corrected chi connectivity index (χ2v) is 3.79. The van der Waals surface area contributed by atoms with Crippen LogP contribution in [0.3, 0.4) is 0 Å². The quantitative estimate of drug-likeness (QED) is 0.845. The summed E-state index contributed by atoms with van der Waals surface area (Å²) < 4.78 is 52.2. The van der Waals surface area contributed by atoms with Crippen LogP contribution in [-0.2, 0) is 4.74 Å². The van der Waals surface area contributed by atoms with Gasteiger partial charge in [0.25, 0.3) is 0 Å². The van der Waals surface area contributed by atoms with Crippen molar-refractivity contribution in [3.63, 3.8) is 0 Å². The summed E-state index contributed by atoms with van der Waals surface area (Å²) in [4.78, 5) is 10.9. The fourth-order valence-corrected chi connectivity index (χ4v) is 1.23. The number of alkyl halides is 3. The van der Waals surface area contributed by atoms with Gasteiger partial charge in [-0.2, -0.15) is 13.2 Å². The van der Waals surface area contributed by atoms with E-state index < -0.39 is 24.7 Å². The molecule has 0 spiro atoms. The zero-order valence-electron chi connectivity index (χ0n) is 8.15. The highest BCUT2D eigenvalue weighted by molar-refractivity contribution is 9.10. The summed E-state index contributed by atoms with van der Waals surface area (Å²) >= 11 is 2.99. The topological polar surface area (TPSA) is 38.3 Å². The number of carbonyl (C=O) groups is 1. The van der Waals surface area contributed by atoms with Gasteiger partial charge in [-0.15, -0.1) is 0 Å². The summed E-state index contributed by atoms with van der Waals surface area (Å²) in [7, 11) is 0. The normalized spacial score (nSPS) is 11.1. The van der Waals surface area contributed by atoms with Crippen molar-refractivity contribution in [3.05, 3.63) is 28.5 Å². The van der Waals surface area contributed by atoms with Crippen molar-refractivity contribution in [2.24, 2.45) is 0 Å². The number of nitrogens with one attached hydrogen (secondary N) is 1. The van der Waals surface area contributed by atoms with Gasteiger partial charge in [0.15, 0.2) is 6.61 Å². The summed E-state index contributed by atoms with van der Waals surface area (Å²) in [6, 6.07) is 3.37. The highest BCUT2D eigenvalue weighted by atomic mass is 79.9. The molecule has 17 heavy (non-hydrogen) atoms. The molecule has 0 aliphatic heterocycles. The summed E-state index contributed by atoms with van der Waals surface area (Å²) in [5, 5.41) is 1.98. The summed E-state index contributed by atoms with van der Waals surface area (Å²) in [6.45, 7) is -1.70. The fraction of sp³-hybridized carbons (Fsp3) is 0.222. The molecule has 0 unspecified atom stereocenters. The van der Waals surface area contributed by atoms with Gasteiger partial charge < -0.3 is 4.74 Å². The van der Waals surface area contributed by atoms with Crippen LogP contribution in [0.25, 0.3) is 0 Å². The molecule has 1 amide bonds. The van der Waals surface area contributed by atoms with Crippen LogP contribution in [0.2, 0.25) is 0 Å². The third-order valence-electron chi connectivity index (χ3n) is 1.53. The molecule has 94 valence electrons. The standard InChI is InChI=1S/C9H6BrF4NO2/c10-6-2-1-5(11)3-7(6)15-8(16)17-4-9(12,13)14/h1-3H,4H2,(H,15,16). The van der Waals surface area contributed by atoms with Gasteiger partial charge in [-0.1, -0.05) is 0 Å². The Bertz CT molecular complexity index is 422. The van der Waals surface area contributed by atoms with Crippen molar-refractivity contribution < 1.29 is 27.1 Å². The minimum absolute atomic E-state index is 0.0165. The van der Waals surface area contributed by atoms with Crippen LogP contribution in [0, 0.1) is 5.82 Å². The van der Waals surface area contributed by atoms with Crippen molar-refractivity contribution in [1.82, 2.24) is 0 Å². The van der Waals surface area contributed by atoms with Gasteiger partial charge in [0.2, 0.25) is 0 Å². The van der Waals surface area contributed by atoms with Crippen LogP contribution in [-0.4, -0.2) is 18.9 Å². The predicted octanol–water partition coefficient (Wildman–Crippen LogP) is 3.70. The van der Waals surface area contributed by atoms with E-state index in [0.29, 0.717) is 4.47 Å². The molecule has 1 N–H and O–H groups in total. The Morgan fingerprint density at radius 3 is 2.65 bits per heavy atom. The molecule has 1 aromatic rings. The maximum absolute atomic E-state index is 12.8. The first-order chi connectivity index (χ1) is 7.78. The van der Waals surface area contributed by atoms with E-state index in [1.165, 1.54) is 6.07 Å². The van der Waals surface area contributed by atoms with Crippen LogP contribution in [0.1, 0.15) is 0 Å². The molecule has 3 nitrogen and oxygen atoms in total. The van der Waals surface area contributed by atoms with Crippen molar-refractivity contribution >= 4 is 27.7 Å². The third-order valence-corrected chi connectivity index (χ3v) is 2.22. The van der Waals surface area contributed by atoms with E-state index >= 15 is 0 Å². The Balaban J connectivity index is 2.59. The predicted molar refractivity (Wildman–Crippen MR) is 55.1 cm³/mol. The Morgan fingerprint density at radius 2 is 2.06 bits per heavy atom. The van der Waals surface area contributed by atoms with Crippen molar-refractivity contribution in [2.45, 2.75) is 6.18 Å². The van der Waals surface area contributed by atoms with E-state index in [9.17, 15) is 22.4 Å². The summed E-state index contributed by atoms with van der Waals surface area (Å²) in [6.07, 6.45) is -5.91. The number of benzene rings is 1. The minimum atomic E-state index is -4.60. The molecule has 0 radical (unpaired) electrons. The Labute approximate surface area is 102 Å². The molecule has 0 aromatic heterocycles. The second-order valence-electron chi connectivity index (χ2n) is 2.94. The lowest BCUT2D eigenvalue weighted by molar-refractivity contribution is -0.159. The third kappa shape index (κ3) is 5.03. The number of hydrogen-bond acceptors (Lipinski definition) is 2. The van der Waals surface area contributed by atoms with E-state index in [1.807, 2.05) is 5.32 Å². The van der Waals surface area contributed by atoms with Gasteiger partial charge in [0.1, 0.15) is 5.82 Å². The molecule has 0 atom stereocenters. The molecule has 0 bridgehead atoms. The molecule has 0 heterocycles. The van der Waals surface area contributed by atoms with Crippen LogP contribution in [0.15, 0.2) is 22.7 Å². The SMILES string of the molecule is O=C(Nc1cc(F)ccc1Br)OCC(F)(F)F. The zero-order chi connectivity index (χ0) is 13.1. The molecule has 0 fully saturated rings. The molecule has 1 aromatic carbocycles. The van der Waals surface area contributed by atoms with E-state index in [4.69, 9.17) is 0 Å². The van der Waals surface area contributed by atoms with Gasteiger partial charge in [-0.3, -0.25) is 5.32 Å². The van der Waals surface area contributed by atoms with Gasteiger partial charge in [0.05, 0.1) is 5.69 Å². The van der Waals surface area contributed by atoms with Crippen LogP contribution in [0.5, 0.6) is 0 Å². The smallest absolute Gasteiger partial charge is 0.422 e. The number of carbonyl (C=O) groups excluding carboxylic acids is 1. The number of halogens is 5.